The van der Waals surface area contributed by atoms with E-state index in [4.69, 9.17) is 21.6 Å². The number of rotatable bonds is 2. The molecule has 0 saturated carbocycles. The third-order valence-corrected chi connectivity index (χ3v) is 4.25. The first-order valence-corrected chi connectivity index (χ1v) is 7.73. The van der Waals surface area contributed by atoms with Crippen LogP contribution in [0.2, 0.25) is 5.02 Å². The zero-order valence-electron chi connectivity index (χ0n) is 11.1. The molecular weight excluding hydrogens is 352 g/mol. The summed E-state index contributed by atoms with van der Waals surface area (Å²) in [5, 5.41) is 12.9. The van der Waals surface area contributed by atoms with Crippen molar-refractivity contribution in [3.63, 3.8) is 0 Å². The Labute approximate surface area is 136 Å². The molecule has 0 aliphatic carbocycles. The van der Waals surface area contributed by atoms with Crippen molar-refractivity contribution in [3.05, 3.63) is 57.0 Å². The van der Waals surface area contributed by atoms with Gasteiger partial charge in [0, 0.05) is 16.5 Å². The van der Waals surface area contributed by atoms with E-state index in [0.717, 1.165) is 27.9 Å². The van der Waals surface area contributed by atoms with Crippen molar-refractivity contribution in [1.82, 2.24) is 0 Å². The SMILES string of the molecule is N#Cc1ccc(NC2CCOc3ccc(Br)cc32)c(Cl)c1. The maximum Gasteiger partial charge on any atom is 0.124 e. The Morgan fingerprint density at radius 2 is 2.14 bits per heavy atom. The van der Waals surface area contributed by atoms with E-state index < -0.39 is 0 Å². The minimum Gasteiger partial charge on any atom is -0.493 e. The summed E-state index contributed by atoms with van der Waals surface area (Å²) in [5.74, 6) is 0.895. The zero-order valence-corrected chi connectivity index (χ0v) is 13.4. The highest BCUT2D eigenvalue weighted by atomic mass is 79.9. The number of fused-ring (bicyclic) bond motifs is 1. The van der Waals surface area contributed by atoms with Gasteiger partial charge >= 0.3 is 0 Å². The van der Waals surface area contributed by atoms with E-state index in [9.17, 15) is 0 Å². The Bertz CT molecular complexity index is 727. The van der Waals surface area contributed by atoms with Crippen LogP contribution in [0.15, 0.2) is 40.9 Å². The Hall–Kier alpha value is -1.70. The molecule has 0 fully saturated rings. The normalized spacial score (nSPS) is 16.5. The molecule has 3 nitrogen and oxygen atoms in total. The standard InChI is InChI=1S/C16H12BrClN2O/c17-11-2-4-16-12(8-11)14(5-6-21-16)20-15-3-1-10(9-19)7-13(15)18/h1-4,7-8,14,20H,5-6H2. The minimum atomic E-state index is 0.136. The van der Waals surface area contributed by atoms with Crippen molar-refractivity contribution >= 4 is 33.2 Å². The molecule has 0 spiro atoms. The fourth-order valence-electron chi connectivity index (χ4n) is 2.40. The van der Waals surface area contributed by atoms with E-state index in [2.05, 4.69) is 33.4 Å². The van der Waals surface area contributed by atoms with Gasteiger partial charge in [0.05, 0.1) is 35.0 Å². The summed E-state index contributed by atoms with van der Waals surface area (Å²) in [6, 6.07) is 13.5. The molecule has 0 saturated heterocycles. The van der Waals surface area contributed by atoms with Gasteiger partial charge in [-0.25, -0.2) is 0 Å². The highest BCUT2D eigenvalue weighted by molar-refractivity contribution is 9.10. The van der Waals surface area contributed by atoms with E-state index in [1.807, 2.05) is 18.2 Å². The third-order valence-electron chi connectivity index (χ3n) is 3.44. The van der Waals surface area contributed by atoms with E-state index in [0.29, 0.717) is 17.2 Å². The van der Waals surface area contributed by atoms with Crippen LogP contribution in [0.3, 0.4) is 0 Å². The van der Waals surface area contributed by atoms with Crippen molar-refractivity contribution in [2.45, 2.75) is 12.5 Å². The number of nitriles is 1. The predicted molar refractivity (Wildman–Crippen MR) is 86.8 cm³/mol. The van der Waals surface area contributed by atoms with Gasteiger partial charge < -0.3 is 10.1 Å². The summed E-state index contributed by atoms with van der Waals surface area (Å²) in [7, 11) is 0. The van der Waals surface area contributed by atoms with Crippen LogP contribution >= 0.6 is 27.5 Å². The molecule has 1 atom stereocenters. The maximum atomic E-state index is 8.88. The van der Waals surface area contributed by atoms with Gasteiger partial charge in [-0.3, -0.25) is 0 Å². The van der Waals surface area contributed by atoms with Crippen LogP contribution < -0.4 is 10.1 Å². The molecule has 21 heavy (non-hydrogen) atoms. The number of benzene rings is 2. The maximum absolute atomic E-state index is 8.88. The number of nitrogens with one attached hydrogen (secondary N) is 1. The summed E-state index contributed by atoms with van der Waals surface area (Å²) in [5.41, 5.74) is 2.49. The summed E-state index contributed by atoms with van der Waals surface area (Å²) < 4.78 is 6.69. The summed E-state index contributed by atoms with van der Waals surface area (Å²) in [6.45, 7) is 0.667. The summed E-state index contributed by atoms with van der Waals surface area (Å²) in [4.78, 5) is 0. The minimum absolute atomic E-state index is 0.136. The van der Waals surface area contributed by atoms with Crippen LogP contribution in [0.5, 0.6) is 5.75 Å². The molecule has 1 heterocycles. The number of hydrogen-bond acceptors (Lipinski definition) is 3. The fraction of sp³-hybridized carbons (Fsp3) is 0.188. The van der Waals surface area contributed by atoms with Crippen LogP contribution in [-0.4, -0.2) is 6.61 Å². The van der Waals surface area contributed by atoms with Crippen LogP contribution in [0.1, 0.15) is 23.6 Å². The van der Waals surface area contributed by atoms with Crippen LogP contribution in [0.25, 0.3) is 0 Å². The number of anilines is 1. The van der Waals surface area contributed by atoms with E-state index >= 15 is 0 Å². The van der Waals surface area contributed by atoms with Gasteiger partial charge in [-0.05, 0) is 36.4 Å². The average molecular weight is 364 g/mol. The number of halogens is 2. The van der Waals surface area contributed by atoms with Crippen LogP contribution in [0.4, 0.5) is 5.69 Å². The lowest BCUT2D eigenvalue weighted by atomic mass is 10.00. The van der Waals surface area contributed by atoms with Gasteiger partial charge in [-0.2, -0.15) is 5.26 Å². The van der Waals surface area contributed by atoms with Crippen molar-refractivity contribution in [3.8, 4) is 11.8 Å². The first kappa shape index (κ1) is 14.2. The van der Waals surface area contributed by atoms with E-state index in [1.165, 1.54) is 0 Å². The Kier molecular flexibility index (Phi) is 4.05. The first-order chi connectivity index (χ1) is 10.2. The predicted octanol–water partition coefficient (Wildman–Crippen LogP) is 4.91. The second-order valence-corrected chi connectivity index (χ2v) is 6.15. The molecule has 106 valence electrons. The van der Waals surface area contributed by atoms with Crippen molar-refractivity contribution in [2.24, 2.45) is 0 Å². The lowest BCUT2D eigenvalue weighted by Crippen LogP contribution is -2.20. The van der Waals surface area contributed by atoms with Gasteiger partial charge in [0.25, 0.3) is 0 Å². The van der Waals surface area contributed by atoms with E-state index in [-0.39, 0.29) is 6.04 Å². The van der Waals surface area contributed by atoms with E-state index in [1.54, 1.807) is 12.1 Å². The molecule has 1 unspecified atom stereocenters. The first-order valence-electron chi connectivity index (χ1n) is 6.56. The topological polar surface area (TPSA) is 45.0 Å². The van der Waals surface area contributed by atoms with Gasteiger partial charge in [-0.1, -0.05) is 27.5 Å². The second-order valence-electron chi connectivity index (χ2n) is 4.82. The molecule has 2 aromatic rings. The van der Waals surface area contributed by atoms with Crippen LogP contribution in [-0.2, 0) is 0 Å². The lowest BCUT2D eigenvalue weighted by Gasteiger charge is -2.28. The van der Waals surface area contributed by atoms with Gasteiger partial charge in [0.2, 0.25) is 0 Å². The number of nitrogens with zero attached hydrogens (tertiary/aromatic N) is 1. The molecule has 0 bridgehead atoms. The molecule has 1 aliphatic rings. The van der Waals surface area contributed by atoms with Crippen molar-refractivity contribution in [2.75, 3.05) is 11.9 Å². The molecular formula is C16H12BrClN2O. The quantitative estimate of drug-likeness (QED) is 0.824. The highest BCUT2D eigenvalue weighted by Crippen LogP contribution is 2.37. The Balaban J connectivity index is 1.90. The number of ether oxygens (including phenoxy) is 1. The fourth-order valence-corrected chi connectivity index (χ4v) is 3.02. The Morgan fingerprint density at radius 1 is 1.29 bits per heavy atom. The lowest BCUT2D eigenvalue weighted by molar-refractivity contribution is 0.274. The van der Waals surface area contributed by atoms with Crippen molar-refractivity contribution in [1.29, 1.82) is 5.26 Å². The van der Waals surface area contributed by atoms with Gasteiger partial charge in [0.15, 0.2) is 0 Å². The highest BCUT2D eigenvalue weighted by Gasteiger charge is 2.22. The molecule has 0 radical (unpaired) electrons. The van der Waals surface area contributed by atoms with Crippen LogP contribution in [0, 0.1) is 11.3 Å². The summed E-state index contributed by atoms with van der Waals surface area (Å²) in [6.07, 6.45) is 0.861. The molecule has 1 aliphatic heterocycles. The summed E-state index contributed by atoms with van der Waals surface area (Å²) >= 11 is 9.72. The average Bonchev–Trinajstić information content (AvgIpc) is 2.49. The zero-order chi connectivity index (χ0) is 14.8. The second kappa shape index (κ2) is 5.97. The van der Waals surface area contributed by atoms with Gasteiger partial charge in [-0.15, -0.1) is 0 Å². The molecule has 3 rings (SSSR count). The van der Waals surface area contributed by atoms with Crippen molar-refractivity contribution < 1.29 is 4.74 Å². The molecule has 5 heteroatoms. The molecule has 0 aromatic heterocycles. The largest absolute Gasteiger partial charge is 0.493 e. The smallest absolute Gasteiger partial charge is 0.124 e. The molecule has 1 N–H and O–H groups in total. The number of hydrogen-bond donors (Lipinski definition) is 1. The molecule has 2 aromatic carbocycles. The molecule has 0 amide bonds. The Morgan fingerprint density at radius 3 is 2.90 bits per heavy atom. The monoisotopic (exact) mass is 362 g/mol. The van der Waals surface area contributed by atoms with Gasteiger partial charge in [0.1, 0.15) is 5.75 Å². The third kappa shape index (κ3) is 2.99.